The fourth-order valence-corrected chi connectivity index (χ4v) is 2.74. The maximum absolute atomic E-state index is 4.71. The van der Waals surface area contributed by atoms with Crippen LogP contribution in [0.3, 0.4) is 0 Å². The van der Waals surface area contributed by atoms with Gasteiger partial charge in [-0.1, -0.05) is 0 Å². The molecule has 3 aromatic rings. The van der Waals surface area contributed by atoms with Gasteiger partial charge in [-0.2, -0.15) is 0 Å². The first-order valence-electron chi connectivity index (χ1n) is 7.34. The smallest absolute Gasteiger partial charge is 0.160 e. The summed E-state index contributed by atoms with van der Waals surface area (Å²) in [5, 5.41) is 0. The number of hydrogen-bond donors (Lipinski definition) is 1. The van der Waals surface area contributed by atoms with Crippen molar-refractivity contribution >= 4 is 0 Å². The summed E-state index contributed by atoms with van der Waals surface area (Å²) in [7, 11) is 0. The molecule has 0 aromatic carbocycles. The van der Waals surface area contributed by atoms with Gasteiger partial charge in [0.2, 0.25) is 0 Å². The second kappa shape index (κ2) is 5.65. The summed E-state index contributed by atoms with van der Waals surface area (Å²) in [6.45, 7) is 2.68. The zero-order valence-electron chi connectivity index (χ0n) is 12.1. The topological polar surface area (TPSA) is 70.6 Å². The summed E-state index contributed by atoms with van der Waals surface area (Å²) in [4.78, 5) is 23.1. The van der Waals surface area contributed by atoms with E-state index in [1.54, 1.807) is 18.6 Å². The molecule has 22 heavy (non-hydrogen) atoms. The van der Waals surface area contributed by atoms with Crippen molar-refractivity contribution < 1.29 is 0 Å². The molecule has 6 nitrogen and oxygen atoms in total. The number of nitrogens with one attached hydrogen (secondary N) is 1. The fraction of sp³-hybridized carbons (Fsp3) is 0.250. The molecular formula is C16H16N6. The van der Waals surface area contributed by atoms with Gasteiger partial charge in [0.25, 0.3) is 0 Å². The van der Waals surface area contributed by atoms with Crippen molar-refractivity contribution in [3.63, 3.8) is 0 Å². The number of nitrogens with zero attached hydrogens (tertiary/aromatic N) is 5. The molecule has 0 saturated carbocycles. The van der Waals surface area contributed by atoms with E-state index in [1.807, 2.05) is 24.5 Å². The number of imidazole rings is 1. The summed E-state index contributed by atoms with van der Waals surface area (Å²) >= 11 is 0. The summed E-state index contributed by atoms with van der Waals surface area (Å²) in [6, 6.07) is 3.89. The third-order valence-electron chi connectivity index (χ3n) is 3.86. The lowest BCUT2D eigenvalue weighted by Crippen LogP contribution is -2.31. The third-order valence-corrected chi connectivity index (χ3v) is 3.86. The van der Waals surface area contributed by atoms with Gasteiger partial charge < -0.3 is 4.98 Å². The molecule has 0 spiro atoms. The Hall–Kier alpha value is -2.60. The molecule has 6 heteroatoms. The molecule has 0 amide bonds. The standard InChI is InChI=1S/C16H16N6/c1-2-12(8-17-4-1)16-20-9-13-10-22(7-3-14(13)21-16)11-15-18-5-6-19-15/h1-2,4-6,8-9H,3,7,10-11H2,(H,18,19). The highest BCUT2D eigenvalue weighted by atomic mass is 15.2. The van der Waals surface area contributed by atoms with E-state index in [9.17, 15) is 0 Å². The Morgan fingerprint density at radius 3 is 3.00 bits per heavy atom. The predicted molar refractivity (Wildman–Crippen MR) is 81.7 cm³/mol. The molecule has 4 heterocycles. The van der Waals surface area contributed by atoms with Crippen LogP contribution in [0.1, 0.15) is 17.1 Å². The lowest BCUT2D eigenvalue weighted by Gasteiger charge is -2.27. The second-order valence-corrected chi connectivity index (χ2v) is 5.40. The van der Waals surface area contributed by atoms with Crippen molar-refractivity contribution in [3.05, 3.63) is 60.2 Å². The van der Waals surface area contributed by atoms with Crippen LogP contribution >= 0.6 is 0 Å². The fourth-order valence-electron chi connectivity index (χ4n) is 2.74. The van der Waals surface area contributed by atoms with Gasteiger partial charge in [-0.3, -0.25) is 9.88 Å². The summed E-state index contributed by atoms with van der Waals surface area (Å²) in [5.41, 5.74) is 3.30. The highest BCUT2D eigenvalue weighted by Gasteiger charge is 2.19. The number of rotatable bonds is 3. The molecule has 1 N–H and O–H groups in total. The zero-order chi connectivity index (χ0) is 14.8. The van der Waals surface area contributed by atoms with E-state index >= 15 is 0 Å². The van der Waals surface area contributed by atoms with Gasteiger partial charge in [-0.05, 0) is 12.1 Å². The summed E-state index contributed by atoms with van der Waals surface area (Å²) in [5.74, 6) is 1.75. The van der Waals surface area contributed by atoms with Crippen LogP contribution in [-0.4, -0.2) is 36.4 Å². The van der Waals surface area contributed by atoms with Crippen LogP contribution in [0.5, 0.6) is 0 Å². The van der Waals surface area contributed by atoms with Gasteiger partial charge in [-0.15, -0.1) is 0 Å². The molecule has 0 radical (unpaired) electrons. The Balaban J connectivity index is 1.54. The van der Waals surface area contributed by atoms with Crippen LogP contribution < -0.4 is 0 Å². The molecule has 3 aromatic heterocycles. The van der Waals surface area contributed by atoms with E-state index < -0.39 is 0 Å². The molecule has 4 rings (SSSR count). The van der Waals surface area contributed by atoms with E-state index in [-0.39, 0.29) is 0 Å². The Morgan fingerprint density at radius 2 is 2.18 bits per heavy atom. The first-order valence-corrected chi connectivity index (χ1v) is 7.34. The molecule has 0 unspecified atom stereocenters. The largest absolute Gasteiger partial charge is 0.348 e. The first kappa shape index (κ1) is 13.1. The van der Waals surface area contributed by atoms with Gasteiger partial charge in [0.05, 0.1) is 12.2 Å². The van der Waals surface area contributed by atoms with E-state index in [0.29, 0.717) is 0 Å². The predicted octanol–water partition coefficient (Wildman–Crippen LogP) is 1.82. The quantitative estimate of drug-likeness (QED) is 0.797. The Bertz CT molecular complexity index is 754. The van der Waals surface area contributed by atoms with Crippen LogP contribution in [-0.2, 0) is 19.5 Å². The number of pyridine rings is 1. The Kier molecular flexibility index (Phi) is 3.36. The van der Waals surface area contributed by atoms with Crippen LogP contribution in [0.4, 0.5) is 0 Å². The van der Waals surface area contributed by atoms with Crippen LogP contribution in [0.25, 0.3) is 11.4 Å². The SMILES string of the molecule is c1cncc(-c2ncc3c(n2)CCN(Cc2ncc[nH]2)C3)c1. The van der Waals surface area contributed by atoms with Crippen molar-refractivity contribution in [1.82, 2.24) is 29.8 Å². The molecule has 0 saturated heterocycles. The van der Waals surface area contributed by atoms with Gasteiger partial charge in [-0.25, -0.2) is 15.0 Å². The number of fused-ring (bicyclic) bond motifs is 1. The van der Waals surface area contributed by atoms with Gasteiger partial charge in [0.15, 0.2) is 5.82 Å². The van der Waals surface area contributed by atoms with Crippen molar-refractivity contribution in [2.45, 2.75) is 19.5 Å². The minimum absolute atomic E-state index is 0.756. The molecule has 1 aliphatic heterocycles. The average Bonchev–Trinajstić information content (AvgIpc) is 3.08. The van der Waals surface area contributed by atoms with Crippen molar-refractivity contribution in [2.24, 2.45) is 0 Å². The number of aromatic nitrogens is 5. The number of aromatic amines is 1. The van der Waals surface area contributed by atoms with Gasteiger partial charge in [0, 0.05) is 61.6 Å². The minimum Gasteiger partial charge on any atom is -0.348 e. The summed E-state index contributed by atoms with van der Waals surface area (Å²) in [6.07, 6.45) is 10.1. The highest BCUT2D eigenvalue weighted by molar-refractivity contribution is 5.53. The molecule has 1 aliphatic rings. The van der Waals surface area contributed by atoms with Crippen molar-refractivity contribution in [3.8, 4) is 11.4 Å². The lowest BCUT2D eigenvalue weighted by atomic mass is 10.1. The molecule has 0 aliphatic carbocycles. The van der Waals surface area contributed by atoms with Crippen LogP contribution in [0.15, 0.2) is 43.1 Å². The highest BCUT2D eigenvalue weighted by Crippen LogP contribution is 2.21. The monoisotopic (exact) mass is 292 g/mol. The van der Waals surface area contributed by atoms with E-state index in [0.717, 1.165) is 49.0 Å². The Morgan fingerprint density at radius 1 is 1.18 bits per heavy atom. The molecule has 0 atom stereocenters. The molecular weight excluding hydrogens is 276 g/mol. The van der Waals surface area contributed by atoms with E-state index in [2.05, 4.69) is 24.8 Å². The van der Waals surface area contributed by atoms with Crippen LogP contribution in [0, 0.1) is 0 Å². The number of hydrogen-bond acceptors (Lipinski definition) is 5. The Labute approximate surface area is 128 Å². The van der Waals surface area contributed by atoms with E-state index in [4.69, 9.17) is 4.98 Å². The number of H-pyrrole nitrogens is 1. The lowest BCUT2D eigenvalue weighted by molar-refractivity contribution is 0.237. The summed E-state index contributed by atoms with van der Waals surface area (Å²) < 4.78 is 0. The normalized spacial score (nSPS) is 14.7. The zero-order valence-corrected chi connectivity index (χ0v) is 12.1. The molecule has 110 valence electrons. The van der Waals surface area contributed by atoms with Crippen molar-refractivity contribution in [1.29, 1.82) is 0 Å². The average molecular weight is 292 g/mol. The first-order chi connectivity index (χ1) is 10.9. The molecule has 0 bridgehead atoms. The van der Waals surface area contributed by atoms with Crippen molar-refractivity contribution in [2.75, 3.05) is 6.54 Å². The van der Waals surface area contributed by atoms with Crippen LogP contribution in [0.2, 0.25) is 0 Å². The minimum atomic E-state index is 0.756. The maximum Gasteiger partial charge on any atom is 0.160 e. The molecule has 0 fully saturated rings. The third kappa shape index (κ3) is 2.60. The van der Waals surface area contributed by atoms with E-state index in [1.165, 1.54) is 5.56 Å². The maximum atomic E-state index is 4.71. The second-order valence-electron chi connectivity index (χ2n) is 5.40. The van der Waals surface area contributed by atoms with Gasteiger partial charge in [0.1, 0.15) is 5.82 Å². The van der Waals surface area contributed by atoms with Gasteiger partial charge >= 0.3 is 0 Å².